The van der Waals surface area contributed by atoms with E-state index >= 15 is 0 Å². The van der Waals surface area contributed by atoms with Crippen molar-refractivity contribution in [2.45, 2.75) is 19.0 Å². The fourth-order valence-electron chi connectivity index (χ4n) is 3.21. The Bertz CT molecular complexity index is 727. The Morgan fingerprint density at radius 3 is 2.66 bits per heavy atom. The second-order valence-electron chi connectivity index (χ2n) is 6.94. The van der Waals surface area contributed by atoms with Gasteiger partial charge in [-0.05, 0) is 32.1 Å². The molecular formula is C19H26F3N3O4. The average Bonchev–Trinajstić information content (AvgIpc) is 3.04. The number of alkyl halides is 3. The van der Waals surface area contributed by atoms with Crippen LogP contribution in [0.5, 0.6) is 11.5 Å². The van der Waals surface area contributed by atoms with E-state index in [0.717, 1.165) is 4.90 Å². The fourth-order valence-corrected chi connectivity index (χ4v) is 3.21. The molecule has 1 aromatic carbocycles. The van der Waals surface area contributed by atoms with E-state index in [9.17, 15) is 22.8 Å². The summed E-state index contributed by atoms with van der Waals surface area (Å²) in [5.74, 6) is 0.0199. The number of rotatable bonds is 9. The third-order valence-electron chi connectivity index (χ3n) is 4.64. The number of methoxy groups -OCH3 is 2. The van der Waals surface area contributed by atoms with E-state index in [4.69, 9.17) is 9.47 Å². The first-order valence-electron chi connectivity index (χ1n) is 9.20. The molecule has 1 fully saturated rings. The minimum absolute atomic E-state index is 0.0557. The van der Waals surface area contributed by atoms with Crippen LogP contribution in [0.4, 0.5) is 18.9 Å². The highest BCUT2D eigenvalue weighted by molar-refractivity contribution is 6.01. The lowest BCUT2D eigenvalue weighted by Crippen LogP contribution is -2.36. The van der Waals surface area contributed by atoms with Gasteiger partial charge in [-0.3, -0.25) is 14.5 Å². The molecule has 1 atom stereocenters. The molecule has 0 radical (unpaired) electrons. The third-order valence-corrected chi connectivity index (χ3v) is 4.64. The minimum atomic E-state index is -4.24. The number of carbonyl (C=O) groups is 2. The zero-order chi connectivity index (χ0) is 21.6. The first-order chi connectivity index (χ1) is 13.6. The molecule has 0 aromatic heterocycles. The van der Waals surface area contributed by atoms with Crippen LogP contribution in [0.1, 0.15) is 12.8 Å². The van der Waals surface area contributed by atoms with Gasteiger partial charge >= 0.3 is 6.18 Å². The number of nitrogens with zero attached hydrogens (tertiary/aromatic N) is 2. The summed E-state index contributed by atoms with van der Waals surface area (Å²) in [4.78, 5) is 27.5. The largest absolute Gasteiger partial charge is 0.497 e. The number of amides is 2. The van der Waals surface area contributed by atoms with Gasteiger partial charge in [-0.2, -0.15) is 13.2 Å². The summed E-state index contributed by atoms with van der Waals surface area (Å²) in [5.41, 5.74) is 0.529. The maximum atomic E-state index is 12.4. The molecule has 7 nitrogen and oxygen atoms in total. The second-order valence-corrected chi connectivity index (χ2v) is 6.94. The van der Waals surface area contributed by atoms with Crippen molar-refractivity contribution in [2.24, 2.45) is 5.92 Å². The van der Waals surface area contributed by atoms with Crippen LogP contribution in [0.2, 0.25) is 0 Å². The molecule has 1 aliphatic heterocycles. The third kappa shape index (κ3) is 6.52. The Morgan fingerprint density at radius 2 is 2.03 bits per heavy atom. The normalized spacial score (nSPS) is 17.0. The summed E-state index contributed by atoms with van der Waals surface area (Å²) >= 11 is 0. The van der Waals surface area contributed by atoms with Crippen molar-refractivity contribution in [3.63, 3.8) is 0 Å². The van der Waals surface area contributed by atoms with E-state index in [2.05, 4.69) is 5.32 Å². The van der Waals surface area contributed by atoms with Crippen LogP contribution in [0.15, 0.2) is 18.2 Å². The average molecular weight is 417 g/mol. The van der Waals surface area contributed by atoms with Gasteiger partial charge in [0.1, 0.15) is 11.5 Å². The van der Waals surface area contributed by atoms with Gasteiger partial charge < -0.3 is 19.7 Å². The van der Waals surface area contributed by atoms with E-state index in [-0.39, 0.29) is 37.9 Å². The summed E-state index contributed by atoms with van der Waals surface area (Å²) in [7, 11) is 4.38. The molecule has 1 unspecified atom stereocenters. The second kappa shape index (κ2) is 9.82. The summed E-state index contributed by atoms with van der Waals surface area (Å²) in [6, 6.07) is 5.07. The highest BCUT2D eigenvalue weighted by Gasteiger charge is 2.36. The molecule has 1 heterocycles. The van der Waals surface area contributed by atoms with Crippen LogP contribution < -0.4 is 19.7 Å². The Kier molecular flexibility index (Phi) is 7.72. The number of nitrogens with one attached hydrogen (secondary N) is 1. The molecule has 1 saturated heterocycles. The van der Waals surface area contributed by atoms with Crippen LogP contribution in [-0.4, -0.2) is 70.3 Å². The molecular weight excluding hydrogens is 391 g/mol. The number of halogens is 3. The van der Waals surface area contributed by atoms with Crippen LogP contribution in [0, 0.1) is 5.92 Å². The topological polar surface area (TPSA) is 71.1 Å². The number of carbonyl (C=O) groups excluding carboxylic acids is 2. The number of benzene rings is 1. The molecule has 162 valence electrons. The molecule has 29 heavy (non-hydrogen) atoms. The summed E-state index contributed by atoms with van der Waals surface area (Å²) < 4.78 is 47.4. The first kappa shape index (κ1) is 22.8. The van der Waals surface area contributed by atoms with Gasteiger partial charge in [0.25, 0.3) is 0 Å². The Labute approximate surface area is 167 Å². The SMILES string of the molecule is COc1ccc(OC)c(N2CC(C(=O)NCCCN(C)CC(F)(F)F)CC2=O)c1. The van der Waals surface area contributed by atoms with Crippen LogP contribution in [0.3, 0.4) is 0 Å². The standard InChI is InChI=1S/C19H26F3N3O4/c1-24(12-19(20,21)22)8-4-7-23-18(27)13-9-17(26)25(11-13)15-10-14(28-2)5-6-16(15)29-3/h5-6,10,13H,4,7-9,11-12H2,1-3H3,(H,23,27). The highest BCUT2D eigenvalue weighted by Crippen LogP contribution is 2.36. The van der Waals surface area contributed by atoms with E-state index < -0.39 is 18.6 Å². The van der Waals surface area contributed by atoms with E-state index in [1.807, 2.05) is 0 Å². The van der Waals surface area contributed by atoms with Crippen molar-refractivity contribution < 1.29 is 32.2 Å². The number of ether oxygens (including phenoxy) is 2. The predicted molar refractivity (Wildman–Crippen MR) is 101 cm³/mol. The quantitative estimate of drug-likeness (QED) is 0.623. The number of hydrogen-bond donors (Lipinski definition) is 1. The van der Waals surface area contributed by atoms with Crippen molar-refractivity contribution >= 4 is 17.5 Å². The van der Waals surface area contributed by atoms with Gasteiger partial charge in [-0.1, -0.05) is 0 Å². The Balaban J connectivity index is 1.88. The lowest BCUT2D eigenvalue weighted by Gasteiger charge is -2.20. The maximum Gasteiger partial charge on any atom is 0.401 e. The number of anilines is 1. The molecule has 2 amide bonds. The molecule has 2 rings (SSSR count). The summed E-state index contributed by atoms with van der Waals surface area (Å²) in [6.45, 7) is -0.345. The molecule has 0 saturated carbocycles. The first-order valence-corrected chi connectivity index (χ1v) is 9.20. The van der Waals surface area contributed by atoms with Gasteiger partial charge in [-0.15, -0.1) is 0 Å². The lowest BCUT2D eigenvalue weighted by molar-refractivity contribution is -0.143. The zero-order valence-corrected chi connectivity index (χ0v) is 16.7. The van der Waals surface area contributed by atoms with Crippen LogP contribution in [-0.2, 0) is 9.59 Å². The Morgan fingerprint density at radius 1 is 1.31 bits per heavy atom. The van der Waals surface area contributed by atoms with Gasteiger partial charge in [0.05, 0.1) is 32.4 Å². The molecule has 1 aromatic rings. The molecule has 1 aliphatic rings. The van der Waals surface area contributed by atoms with Crippen molar-refractivity contribution in [2.75, 3.05) is 52.3 Å². The lowest BCUT2D eigenvalue weighted by atomic mass is 10.1. The number of hydrogen-bond acceptors (Lipinski definition) is 5. The minimum Gasteiger partial charge on any atom is -0.497 e. The van der Waals surface area contributed by atoms with Crippen molar-refractivity contribution in [1.82, 2.24) is 10.2 Å². The highest BCUT2D eigenvalue weighted by atomic mass is 19.4. The monoisotopic (exact) mass is 417 g/mol. The summed E-state index contributed by atoms with van der Waals surface area (Å²) in [6.07, 6.45) is -3.81. The molecule has 0 aliphatic carbocycles. The molecule has 0 bridgehead atoms. The maximum absolute atomic E-state index is 12.4. The molecule has 0 spiro atoms. The van der Waals surface area contributed by atoms with E-state index in [1.54, 1.807) is 18.2 Å². The van der Waals surface area contributed by atoms with Gasteiger partial charge in [-0.25, -0.2) is 0 Å². The van der Waals surface area contributed by atoms with Crippen molar-refractivity contribution in [3.05, 3.63) is 18.2 Å². The summed E-state index contributed by atoms with van der Waals surface area (Å²) in [5, 5.41) is 2.70. The van der Waals surface area contributed by atoms with Crippen molar-refractivity contribution in [3.8, 4) is 11.5 Å². The Hall–Kier alpha value is -2.49. The van der Waals surface area contributed by atoms with Gasteiger partial charge in [0.15, 0.2) is 0 Å². The fraction of sp³-hybridized carbons (Fsp3) is 0.579. The zero-order valence-electron chi connectivity index (χ0n) is 16.7. The van der Waals surface area contributed by atoms with E-state index in [1.165, 1.54) is 26.2 Å². The van der Waals surface area contributed by atoms with Crippen molar-refractivity contribution in [1.29, 1.82) is 0 Å². The van der Waals surface area contributed by atoms with Gasteiger partial charge in [0, 0.05) is 25.6 Å². The van der Waals surface area contributed by atoms with Crippen LogP contribution in [0.25, 0.3) is 0 Å². The van der Waals surface area contributed by atoms with Gasteiger partial charge in [0.2, 0.25) is 11.8 Å². The molecule has 1 N–H and O–H groups in total. The smallest absolute Gasteiger partial charge is 0.401 e. The molecule has 10 heteroatoms. The van der Waals surface area contributed by atoms with E-state index in [0.29, 0.717) is 23.6 Å². The van der Waals surface area contributed by atoms with Crippen LogP contribution >= 0.6 is 0 Å². The predicted octanol–water partition coefficient (Wildman–Crippen LogP) is 2.06.